The number of nitrogens with zero attached hydrogens (tertiary/aromatic N) is 1. The molecule has 3 aromatic rings. The number of carbonyl (C=O) groups is 1. The first-order valence-electron chi connectivity index (χ1n) is 8.29. The number of aryl methyl sites for hydroxylation is 1. The Balaban J connectivity index is 1.73. The van der Waals surface area contributed by atoms with Crippen molar-refractivity contribution in [3.63, 3.8) is 0 Å². The minimum Gasteiger partial charge on any atom is -0.315 e. The summed E-state index contributed by atoms with van der Waals surface area (Å²) >= 11 is 1.35. The number of amides is 1. The molecule has 1 aromatic heterocycles. The van der Waals surface area contributed by atoms with Crippen LogP contribution in [0.25, 0.3) is 0 Å². The highest BCUT2D eigenvalue weighted by Crippen LogP contribution is 2.23. The third-order valence-corrected chi connectivity index (χ3v) is 4.88. The molecule has 0 aliphatic rings. The van der Waals surface area contributed by atoms with Crippen molar-refractivity contribution in [3.8, 4) is 6.07 Å². The summed E-state index contributed by atoms with van der Waals surface area (Å²) in [6.07, 6.45) is 0. The average Bonchev–Trinajstić information content (AvgIpc) is 3.11. The zero-order chi connectivity index (χ0) is 18.4. The maximum atomic E-state index is 12.3. The zero-order valence-electron chi connectivity index (χ0n) is 14.4. The average molecular weight is 361 g/mol. The molecule has 5 heteroatoms. The van der Waals surface area contributed by atoms with Crippen molar-refractivity contribution in [3.05, 3.63) is 88.3 Å². The fraction of sp³-hybridized carbons (Fsp3) is 0.143. The maximum absolute atomic E-state index is 12.3. The Kier molecular flexibility index (Phi) is 5.80. The molecule has 130 valence electrons. The molecule has 3 rings (SSSR count). The van der Waals surface area contributed by atoms with E-state index in [1.54, 1.807) is 11.4 Å². The first kappa shape index (κ1) is 17.9. The van der Waals surface area contributed by atoms with Gasteiger partial charge in [0.1, 0.15) is 11.1 Å². The number of thiophene rings is 1. The van der Waals surface area contributed by atoms with Gasteiger partial charge in [-0.3, -0.25) is 10.1 Å². The van der Waals surface area contributed by atoms with E-state index in [9.17, 15) is 4.79 Å². The van der Waals surface area contributed by atoms with Gasteiger partial charge in [-0.1, -0.05) is 60.2 Å². The molecule has 4 nitrogen and oxygen atoms in total. The molecule has 0 saturated heterocycles. The Morgan fingerprint density at radius 1 is 1.08 bits per heavy atom. The van der Waals surface area contributed by atoms with Crippen molar-refractivity contribution in [1.29, 1.82) is 5.26 Å². The van der Waals surface area contributed by atoms with Gasteiger partial charge < -0.3 is 5.32 Å². The topological polar surface area (TPSA) is 64.9 Å². The molecule has 2 aromatic carbocycles. The second kappa shape index (κ2) is 8.43. The van der Waals surface area contributed by atoms with Crippen LogP contribution in [0.1, 0.15) is 28.3 Å². The highest BCUT2D eigenvalue weighted by molar-refractivity contribution is 7.14. The fourth-order valence-corrected chi connectivity index (χ4v) is 3.45. The van der Waals surface area contributed by atoms with Gasteiger partial charge in [0.05, 0.1) is 18.2 Å². The van der Waals surface area contributed by atoms with Crippen molar-refractivity contribution in [1.82, 2.24) is 5.32 Å². The van der Waals surface area contributed by atoms with E-state index in [2.05, 4.69) is 47.9 Å². The summed E-state index contributed by atoms with van der Waals surface area (Å²) in [4.78, 5) is 12.3. The molecule has 0 aliphatic carbocycles. The van der Waals surface area contributed by atoms with Gasteiger partial charge in [-0.05, 0) is 29.5 Å². The van der Waals surface area contributed by atoms with Crippen LogP contribution in [0.15, 0.2) is 66.0 Å². The van der Waals surface area contributed by atoms with Crippen LogP contribution < -0.4 is 10.6 Å². The molecular formula is C21H19N3OS. The molecule has 0 fully saturated rings. The number of benzene rings is 2. The van der Waals surface area contributed by atoms with Crippen LogP contribution in [-0.2, 0) is 4.79 Å². The van der Waals surface area contributed by atoms with Gasteiger partial charge in [0.2, 0.25) is 5.91 Å². The molecule has 1 heterocycles. The number of nitriles is 1. The summed E-state index contributed by atoms with van der Waals surface area (Å²) < 4.78 is 0. The van der Waals surface area contributed by atoms with Crippen molar-refractivity contribution < 1.29 is 4.79 Å². The molecule has 26 heavy (non-hydrogen) atoms. The first-order chi connectivity index (χ1) is 12.7. The largest absolute Gasteiger partial charge is 0.315 e. The molecule has 0 spiro atoms. The molecule has 0 aliphatic heterocycles. The van der Waals surface area contributed by atoms with E-state index in [0.29, 0.717) is 10.6 Å². The lowest BCUT2D eigenvalue weighted by Crippen LogP contribution is -2.31. The first-order valence-corrected chi connectivity index (χ1v) is 9.17. The van der Waals surface area contributed by atoms with Crippen LogP contribution in [-0.4, -0.2) is 12.5 Å². The van der Waals surface area contributed by atoms with Crippen molar-refractivity contribution >= 4 is 22.2 Å². The van der Waals surface area contributed by atoms with E-state index in [0.717, 1.165) is 11.1 Å². The number of hydrogen-bond donors (Lipinski definition) is 2. The SMILES string of the molecule is Cc1ccc([C@@H](NCC(=O)Nc2sccc2C#N)c2ccccc2)cc1. The predicted molar refractivity (Wildman–Crippen MR) is 105 cm³/mol. The van der Waals surface area contributed by atoms with Crippen LogP contribution in [0.3, 0.4) is 0 Å². The number of carbonyl (C=O) groups excluding carboxylic acids is 1. The zero-order valence-corrected chi connectivity index (χ0v) is 15.2. The van der Waals surface area contributed by atoms with Crippen LogP contribution >= 0.6 is 11.3 Å². The van der Waals surface area contributed by atoms with E-state index in [1.165, 1.54) is 16.9 Å². The van der Waals surface area contributed by atoms with Crippen molar-refractivity contribution in [2.24, 2.45) is 0 Å². The van der Waals surface area contributed by atoms with Gasteiger partial charge in [-0.2, -0.15) is 5.26 Å². The fourth-order valence-electron chi connectivity index (χ4n) is 2.69. The Labute approximate surface area is 157 Å². The van der Waals surface area contributed by atoms with Gasteiger partial charge in [-0.15, -0.1) is 11.3 Å². The summed E-state index contributed by atoms with van der Waals surface area (Å²) in [7, 11) is 0. The van der Waals surface area contributed by atoms with E-state index in [-0.39, 0.29) is 18.5 Å². The van der Waals surface area contributed by atoms with Crippen molar-refractivity contribution in [2.75, 3.05) is 11.9 Å². The Bertz CT molecular complexity index is 910. The van der Waals surface area contributed by atoms with Gasteiger partial charge in [-0.25, -0.2) is 0 Å². The van der Waals surface area contributed by atoms with Gasteiger partial charge in [0.15, 0.2) is 0 Å². The molecule has 2 N–H and O–H groups in total. The Morgan fingerprint density at radius 2 is 1.77 bits per heavy atom. The third-order valence-electron chi connectivity index (χ3n) is 4.05. The summed E-state index contributed by atoms with van der Waals surface area (Å²) in [5.41, 5.74) is 3.88. The summed E-state index contributed by atoms with van der Waals surface area (Å²) in [6, 6.07) is 22.0. The summed E-state index contributed by atoms with van der Waals surface area (Å²) in [5, 5.41) is 17.6. The van der Waals surface area contributed by atoms with Crippen LogP contribution in [0, 0.1) is 18.3 Å². The van der Waals surface area contributed by atoms with Gasteiger partial charge >= 0.3 is 0 Å². The second-order valence-corrected chi connectivity index (χ2v) is 6.87. The molecule has 0 saturated carbocycles. The number of rotatable bonds is 6. The van der Waals surface area contributed by atoms with E-state index in [4.69, 9.17) is 5.26 Å². The minimum atomic E-state index is -0.169. The number of anilines is 1. The van der Waals surface area contributed by atoms with Crippen LogP contribution in [0.4, 0.5) is 5.00 Å². The normalized spacial score (nSPS) is 11.5. The molecule has 1 amide bonds. The quantitative estimate of drug-likeness (QED) is 0.690. The molecule has 0 unspecified atom stereocenters. The van der Waals surface area contributed by atoms with Crippen LogP contribution in [0.5, 0.6) is 0 Å². The molecule has 0 radical (unpaired) electrons. The summed E-state index contributed by atoms with van der Waals surface area (Å²) in [5.74, 6) is -0.169. The lowest BCUT2D eigenvalue weighted by atomic mass is 9.98. The highest BCUT2D eigenvalue weighted by atomic mass is 32.1. The Hall–Kier alpha value is -2.94. The third kappa shape index (κ3) is 4.37. The van der Waals surface area contributed by atoms with Gasteiger partial charge in [0.25, 0.3) is 0 Å². The monoisotopic (exact) mass is 361 g/mol. The van der Waals surface area contributed by atoms with Crippen LogP contribution in [0.2, 0.25) is 0 Å². The summed E-state index contributed by atoms with van der Waals surface area (Å²) in [6.45, 7) is 2.20. The predicted octanol–water partition coefficient (Wildman–Crippen LogP) is 4.25. The lowest BCUT2D eigenvalue weighted by molar-refractivity contribution is -0.115. The number of nitrogens with one attached hydrogen (secondary N) is 2. The van der Waals surface area contributed by atoms with E-state index >= 15 is 0 Å². The van der Waals surface area contributed by atoms with Crippen molar-refractivity contribution in [2.45, 2.75) is 13.0 Å². The van der Waals surface area contributed by atoms with Gasteiger partial charge in [0, 0.05) is 0 Å². The molecule has 1 atom stereocenters. The smallest absolute Gasteiger partial charge is 0.238 e. The molecule has 0 bridgehead atoms. The lowest BCUT2D eigenvalue weighted by Gasteiger charge is -2.20. The molecular weight excluding hydrogens is 342 g/mol. The highest BCUT2D eigenvalue weighted by Gasteiger charge is 2.15. The number of hydrogen-bond acceptors (Lipinski definition) is 4. The Morgan fingerprint density at radius 3 is 2.46 bits per heavy atom. The maximum Gasteiger partial charge on any atom is 0.238 e. The standard InChI is InChI=1S/C21H19N3OS/c1-15-7-9-17(10-8-15)20(16-5-3-2-4-6-16)23-14-19(25)24-21-18(13-22)11-12-26-21/h2-12,20,23H,14H2,1H3,(H,24,25)/t20-/m0/s1. The second-order valence-electron chi connectivity index (χ2n) is 5.96. The minimum absolute atomic E-state index is 0.0821. The van der Waals surface area contributed by atoms with E-state index in [1.807, 2.05) is 30.3 Å². The van der Waals surface area contributed by atoms with E-state index < -0.39 is 0 Å².